The molecule has 0 fully saturated rings. The minimum Gasteiger partial charge on any atom is -0.306 e. The number of rotatable bonds is 5. The summed E-state index contributed by atoms with van der Waals surface area (Å²) >= 11 is 0. The summed E-state index contributed by atoms with van der Waals surface area (Å²) in [6, 6.07) is 8.70. The van der Waals surface area contributed by atoms with Gasteiger partial charge in [-0.1, -0.05) is 26.0 Å². The second-order valence-corrected chi connectivity index (χ2v) is 4.78. The zero-order valence-corrected chi connectivity index (χ0v) is 12.2. The molecule has 2 rings (SSSR count). The highest BCUT2D eigenvalue weighted by atomic mass is 19.1. The van der Waals surface area contributed by atoms with Crippen LogP contribution in [-0.4, -0.2) is 16.7 Å². The van der Waals surface area contributed by atoms with Gasteiger partial charge in [0, 0.05) is 0 Å². The van der Waals surface area contributed by atoms with Crippen molar-refractivity contribution in [3.8, 4) is 0 Å². The highest BCUT2D eigenvalue weighted by molar-refractivity contribution is 5.35. The molecule has 0 radical (unpaired) electrons. The minimum atomic E-state index is -0.219. The maximum Gasteiger partial charge on any atom is 0.123 e. The molecule has 0 saturated heterocycles. The fourth-order valence-electron chi connectivity index (χ4n) is 2.33. The van der Waals surface area contributed by atoms with E-state index < -0.39 is 0 Å². The molecule has 0 aliphatic heterocycles. The topological polar surface area (TPSA) is 37.8 Å². The van der Waals surface area contributed by atoms with Gasteiger partial charge in [-0.15, -0.1) is 0 Å². The van der Waals surface area contributed by atoms with Gasteiger partial charge in [0.15, 0.2) is 0 Å². The molecule has 0 aliphatic rings. The van der Waals surface area contributed by atoms with E-state index in [2.05, 4.69) is 35.4 Å². The van der Waals surface area contributed by atoms with Gasteiger partial charge in [0.1, 0.15) is 5.82 Å². The van der Waals surface area contributed by atoms with Gasteiger partial charge in [0.25, 0.3) is 0 Å². The van der Waals surface area contributed by atoms with Crippen molar-refractivity contribution in [3.63, 3.8) is 0 Å². The lowest BCUT2D eigenvalue weighted by atomic mass is 9.96. The Kier molecular flexibility index (Phi) is 4.79. The molecule has 1 unspecified atom stereocenters. The average Bonchev–Trinajstić information content (AvgIpc) is 2.46. The Morgan fingerprint density at radius 3 is 2.45 bits per heavy atom. The van der Waals surface area contributed by atoms with E-state index in [-0.39, 0.29) is 11.9 Å². The molecule has 1 aromatic carbocycles. The third-order valence-corrected chi connectivity index (χ3v) is 3.28. The fraction of sp³-hybridized carbons (Fsp3) is 0.375. The maximum absolute atomic E-state index is 13.1. The van der Waals surface area contributed by atoms with Crippen molar-refractivity contribution >= 4 is 0 Å². The molecule has 106 valence electrons. The quantitative estimate of drug-likeness (QED) is 0.909. The predicted octanol–water partition coefficient (Wildman–Crippen LogP) is 3.19. The van der Waals surface area contributed by atoms with Gasteiger partial charge < -0.3 is 5.32 Å². The van der Waals surface area contributed by atoms with Gasteiger partial charge >= 0.3 is 0 Å². The Balaban J connectivity index is 2.47. The van der Waals surface area contributed by atoms with E-state index in [0.29, 0.717) is 0 Å². The summed E-state index contributed by atoms with van der Waals surface area (Å²) in [5.41, 5.74) is 4.02. The number of benzene rings is 1. The Labute approximate surface area is 119 Å². The molecule has 1 N–H and O–H groups in total. The van der Waals surface area contributed by atoms with E-state index in [1.54, 1.807) is 0 Å². The second kappa shape index (κ2) is 6.57. The van der Waals surface area contributed by atoms with Crippen LogP contribution in [0.15, 0.2) is 30.3 Å². The minimum absolute atomic E-state index is 0.0183. The van der Waals surface area contributed by atoms with Crippen molar-refractivity contribution in [1.29, 1.82) is 0 Å². The van der Waals surface area contributed by atoms with Gasteiger partial charge in [-0.05, 0) is 49.2 Å². The first-order chi connectivity index (χ1) is 9.65. The molecule has 0 bridgehead atoms. The van der Waals surface area contributed by atoms with Gasteiger partial charge in [-0.2, -0.15) is 10.2 Å². The van der Waals surface area contributed by atoms with E-state index in [1.165, 1.54) is 12.1 Å². The lowest BCUT2D eigenvalue weighted by Crippen LogP contribution is -2.24. The van der Waals surface area contributed by atoms with Gasteiger partial charge in [0.05, 0.1) is 17.4 Å². The van der Waals surface area contributed by atoms with Crippen molar-refractivity contribution in [2.24, 2.45) is 0 Å². The Hall–Kier alpha value is -1.81. The van der Waals surface area contributed by atoms with Crippen LogP contribution in [0.4, 0.5) is 4.39 Å². The lowest BCUT2D eigenvalue weighted by Gasteiger charge is -2.21. The van der Waals surface area contributed by atoms with Crippen LogP contribution >= 0.6 is 0 Å². The first-order valence-electron chi connectivity index (χ1n) is 6.97. The van der Waals surface area contributed by atoms with Crippen LogP contribution in [-0.2, 0) is 6.42 Å². The summed E-state index contributed by atoms with van der Waals surface area (Å²) in [6.45, 7) is 6.89. The Morgan fingerprint density at radius 1 is 1.15 bits per heavy atom. The molecular weight excluding hydrogens is 253 g/mol. The summed E-state index contributed by atoms with van der Waals surface area (Å²) in [4.78, 5) is 0. The van der Waals surface area contributed by atoms with Crippen LogP contribution in [0.1, 0.15) is 42.4 Å². The first-order valence-corrected chi connectivity index (χ1v) is 6.97. The third-order valence-electron chi connectivity index (χ3n) is 3.28. The maximum atomic E-state index is 13.1. The van der Waals surface area contributed by atoms with Gasteiger partial charge in [0.2, 0.25) is 0 Å². The van der Waals surface area contributed by atoms with E-state index in [9.17, 15) is 4.39 Å². The summed E-state index contributed by atoms with van der Waals surface area (Å²) in [6.07, 6.45) is 0.825. The smallest absolute Gasteiger partial charge is 0.123 e. The first kappa shape index (κ1) is 14.6. The Morgan fingerprint density at radius 2 is 1.85 bits per heavy atom. The summed E-state index contributed by atoms with van der Waals surface area (Å²) < 4.78 is 13.1. The van der Waals surface area contributed by atoms with Crippen LogP contribution in [0.25, 0.3) is 0 Å². The predicted molar refractivity (Wildman–Crippen MR) is 78.1 cm³/mol. The van der Waals surface area contributed by atoms with Crippen molar-refractivity contribution in [1.82, 2.24) is 15.5 Å². The van der Waals surface area contributed by atoms with Crippen molar-refractivity contribution in [2.75, 3.05) is 6.54 Å². The molecule has 0 aliphatic carbocycles. The Bertz CT molecular complexity index is 566. The molecule has 0 amide bonds. The number of aryl methyl sites for hydroxylation is 2. The van der Waals surface area contributed by atoms with Crippen molar-refractivity contribution in [3.05, 3.63) is 58.7 Å². The third kappa shape index (κ3) is 3.20. The summed E-state index contributed by atoms with van der Waals surface area (Å²) in [7, 11) is 0. The standard InChI is InChI=1S/C16H20FN3/c1-4-15-14(10-11(3)19-20-15)16(18-5-2)12-6-8-13(17)9-7-12/h6-10,16,18H,4-5H2,1-3H3. The van der Waals surface area contributed by atoms with Crippen molar-refractivity contribution < 1.29 is 4.39 Å². The van der Waals surface area contributed by atoms with Crippen LogP contribution in [0.3, 0.4) is 0 Å². The number of nitrogens with zero attached hydrogens (tertiary/aromatic N) is 2. The lowest BCUT2D eigenvalue weighted by molar-refractivity contribution is 0.606. The average molecular weight is 273 g/mol. The number of hydrogen-bond donors (Lipinski definition) is 1. The zero-order chi connectivity index (χ0) is 14.5. The molecule has 20 heavy (non-hydrogen) atoms. The van der Waals surface area contributed by atoms with E-state index in [4.69, 9.17) is 0 Å². The largest absolute Gasteiger partial charge is 0.306 e. The molecule has 1 heterocycles. The van der Waals surface area contributed by atoms with Gasteiger partial charge in [-0.3, -0.25) is 0 Å². The van der Waals surface area contributed by atoms with Crippen molar-refractivity contribution in [2.45, 2.75) is 33.2 Å². The molecule has 2 aromatic rings. The SMILES string of the molecule is CCNC(c1ccc(F)cc1)c1cc(C)nnc1CC. The van der Waals surface area contributed by atoms with E-state index in [0.717, 1.165) is 35.5 Å². The van der Waals surface area contributed by atoms with Crippen LogP contribution in [0.5, 0.6) is 0 Å². The van der Waals surface area contributed by atoms with Crippen LogP contribution in [0.2, 0.25) is 0 Å². The monoisotopic (exact) mass is 273 g/mol. The second-order valence-electron chi connectivity index (χ2n) is 4.78. The number of hydrogen-bond acceptors (Lipinski definition) is 3. The molecule has 3 nitrogen and oxygen atoms in total. The highest BCUT2D eigenvalue weighted by Crippen LogP contribution is 2.25. The van der Waals surface area contributed by atoms with Crippen LogP contribution < -0.4 is 5.32 Å². The summed E-state index contributed by atoms with van der Waals surface area (Å²) in [5, 5.41) is 11.8. The summed E-state index contributed by atoms with van der Waals surface area (Å²) in [5.74, 6) is -0.219. The molecule has 4 heteroatoms. The van der Waals surface area contributed by atoms with Gasteiger partial charge in [-0.25, -0.2) is 4.39 Å². The molecule has 1 aromatic heterocycles. The van der Waals surface area contributed by atoms with Crippen LogP contribution in [0, 0.1) is 12.7 Å². The number of aromatic nitrogens is 2. The normalized spacial score (nSPS) is 12.4. The molecule has 0 spiro atoms. The van der Waals surface area contributed by atoms with E-state index >= 15 is 0 Å². The number of halogens is 1. The fourth-order valence-corrected chi connectivity index (χ4v) is 2.33. The molecular formula is C16H20FN3. The number of nitrogens with one attached hydrogen (secondary N) is 1. The molecule has 0 saturated carbocycles. The zero-order valence-electron chi connectivity index (χ0n) is 12.2. The van der Waals surface area contributed by atoms with E-state index in [1.807, 2.05) is 19.1 Å². The highest BCUT2D eigenvalue weighted by Gasteiger charge is 2.17. The molecule has 1 atom stereocenters.